The summed E-state index contributed by atoms with van der Waals surface area (Å²) in [5, 5.41) is 2.90. The molecule has 1 aliphatic heterocycles. The summed E-state index contributed by atoms with van der Waals surface area (Å²) in [6.07, 6.45) is 3.33. The largest absolute Gasteiger partial charge is 0.469 e. The van der Waals surface area contributed by atoms with Crippen LogP contribution in [0.15, 0.2) is 12.2 Å². The second-order valence-corrected chi connectivity index (χ2v) is 2.55. The molecule has 1 aliphatic rings. The number of ether oxygens (including phenoxy) is 1. The number of hydrogen-bond donors (Lipinski definition) is 1. The van der Waals surface area contributed by atoms with Crippen LogP contribution in [0.5, 0.6) is 0 Å². The van der Waals surface area contributed by atoms with E-state index < -0.39 is 6.04 Å². The van der Waals surface area contributed by atoms with E-state index in [1.165, 1.54) is 13.2 Å². The van der Waals surface area contributed by atoms with Gasteiger partial charge in [0.05, 0.1) is 19.6 Å². The summed E-state index contributed by atoms with van der Waals surface area (Å²) < 4.78 is 4.45. The Hall–Kier alpha value is -1.16. The molecule has 0 saturated carbocycles. The molecule has 0 fully saturated rings. The van der Waals surface area contributed by atoms with Crippen LogP contribution in [-0.4, -0.2) is 31.4 Å². The van der Waals surface area contributed by atoms with E-state index in [1.807, 2.05) is 0 Å². The lowest BCUT2D eigenvalue weighted by Gasteiger charge is -2.16. The van der Waals surface area contributed by atoms with Gasteiger partial charge in [-0.1, -0.05) is 6.08 Å². The van der Waals surface area contributed by atoms with E-state index in [2.05, 4.69) is 10.1 Å². The number of esters is 1. The first-order valence-corrected chi connectivity index (χ1v) is 3.74. The standard InChI is InChI=1S/C8H11NO3/c1-12-8(11)5-6-7(10)3-2-4-9-6/h2-3,6,9H,4-5H2,1H3. The lowest BCUT2D eigenvalue weighted by molar-refractivity contribution is -0.142. The minimum absolute atomic E-state index is 0.0633. The molecule has 1 N–H and O–H groups in total. The van der Waals surface area contributed by atoms with Gasteiger partial charge in [-0.25, -0.2) is 0 Å². The maximum absolute atomic E-state index is 11.1. The maximum Gasteiger partial charge on any atom is 0.307 e. The number of carbonyl (C=O) groups is 2. The molecule has 4 heteroatoms. The number of nitrogens with one attached hydrogen (secondary N) is 1. The van der Waals surface area contributed by atoms with Crippen LogP contribution in [-0.2, 0) is 14.3 Å². The molecule has 0 aromatic carbocycles. The van der Waals surface area contributed by atoms with Crippen molar-refractivity contribution in [3.05, 3.63) is 12.2 Å². The van der Waals surface area contributed by atoms with Gasteiger partial charge in [0.2, 0.25) is 0 Å². The molecule has 0 radical (unpaired) electrons. The van der Waals surface area contributed by atoms with E-state index in [1.54, 1.807) is 6.08 Å². The molecular weight excluding hydrogens is 158 g/mol. The number of methoxy groups -OCH3 is 1. The van der Waals surface area contributed by atoms with Crippen LogP contribution in [0, 0.1) is 0 Å². The topological polar surface area (TPSA) is 55.4 Å². The minimum atomic E-state index is -0.401. The zero-order valence-electron chi connectivity index (χ0n) is 6.87. The summed E-state index contributed by atoms with van der Waals surface area (Å²) in [5.74, 6) is -0.428. The van der Waals surface area contributed by atoms with Gasteiger partial charge in [0.25, 0.3) is 0 Å². The highest BCUT2D eigenvalue weighted by Crippen LogP contribution is 2.00. The Morgan fingerprint density at radius 3 is 3.17 bits per heavy atom. The highest BCUT2D eigenvalue weighted by molar-refractivity contribution is 5.97. The molecule has 4 nitrogen and oxygen atoms in total. The van der Waals surface area contributed by atoms with Gasteiger partial charge in [-0.15, -0.1) is 0 Å². The van der Waals surface area contributed by atoms with E-state index in [4.69, 9.17) is 0 Å². The Bertz CT molecular complexity index is 222. The summed E-state index contributed by atoms with van der Waals surface area (Å²) in [6, 6.07) is -0.401. The average Bonchev–Trinajstić information content (AvgIpc) is 2.09. The summed E-state index contributed by atoms with van der Waals surface area (Å²) in [6.45, 7) is 0.632. The first-order valence-electron chi connectivity index (χ1n) is 3.74. The molecule has 0 saturated heterocycles. The van der Waals surface area contributed by atoms with E-state index in [9.17, 15) is 9.59 Å². The van der Waals surface area contributed by atoms with Crippen LogP contribution in [0.3, 0.4) is 0 Å². The highest BCUT2D eigenvalue weighted by atomic mass is 16.5. The van der Waals surface area contributed by atoms with Crippen LogP contribution in [0.4, 0.5) is 0 Å². The molecule has 66 valence electrons. The molecule has 1 rings (SSSR count). The molecule has 12 heavy (non-hydrogen) atoms. The molecule has 1 heterocycles. The molecule has 0 aromatic heterocycles. The number of carbonyl (C=O) groups excluding carboxylic acids is 2. The second-order valence-electron chi connectivity index (χ2n) is 2.55. The molecule has 0 amide bonds. The lowest BCUT2D eigenvalue weighted by Crippen LogP contribution is -2.40. The van der Waals surface area contributed by atoms with Gasteiger partial charge in [-0.3, -0.25) is 9.59 Å². The Labute approximate surface area is 70.6 Å². The molecule has 1 unspecified atom stereocenters. The zero-order valence-corrected chi connectivity index (χ0v) is 6.87. The lowest BCUT2D eigenvalue weighted by atomic mass is 10.1. The molecule has 0 bridgehead atoms. The third kappa shape index (κ3) is 2.17. The van der Waals surface area contributed by atoms with Crippen molar-refractivity contribution >= 4 is 11.8 Å². The van der Waals surface area contributed by atoms with Crippen molar-refractivity contribution in [1.82, 2.24) is 5.32 Å². The maximum atomic E-state index is 11.1. The summed E-state index contributed by atoms with van der Waals surface area (Å²) in [7, 11) is 1.31. The van der Waals surface area contributed by atoms with Crippen LogP contribution >= 0.6 is 0 Å². The first kappa shape index (κ1) is 8.93. The van der Waals surface area contributed by atoms with Crippen LogP contribution in [0.25, 0.3) is 0 Å². The fourth-order valence-corrected chi connectivity index (χ4v) is 1.02. The van der Waals surface area contributed by atoms with Crippen molar-refractivity contribution < 1.29 is 14.3 Å². The fourth-order valence-electron chi connectivity index (χ4n) is 1.02. The normalized spacial score (nSPS) is 22.4. The number of rotatable bonds is 2. The van der Waals surface area contributed by atoms with Crippen LogP contribution < -0.4 is 5.32 Å². The minimum Gasteiger partial charge on any atom is -0.469 e. The van der Waals surface area contributed by atoms with E-state index in [-0.39, 0.29) is 18.2 Å². The predicted octanol–water partition coefficient (Wildman–Crippen LogP) is -0.353. The van der Waals surface area contributed by atoms with Crippen LogP contribution in [0.2, 0.25) is 0 Å². The monoisotopic (exact) mass is 169 g/mol. The van der Waals surface area contributed by atoms with Gasteiger partial charge in [-0.05, 0) is 6.08 Å². The zero-order chi connectivity index (χ0) is 8.97. The fraction of sp³-hybridized carbons (Fsp3) is 0.500. The number of ketones is 1. The van der Waals surface area contributed by atoms with E-state index >= 15 is 0 Å². The first-order chi connectivity index (χ1) is 5.74. The van der Waals surface area contributed by atoms with Crippen molar-refractivity contribution in [3.63, 3.8) is 0 Å². The van der Waals surface area contributed by atoms with Crippen molar-refractivity contribution in [1.29, 1.82) is 0 Å². The number of hydrogen-bond acceptors (Lipinski definition) is 4. The summed E-state index contributed by atoms with van der Waals surface area (Å²) >= 11 is 0. The smallest absolute Gasteiger partial charge is 0.307 e. The Kier molecular flexibility index (Phi) is 2.99. The van der Waals surface area contributed by atoms with Gasteiger partial charge in [0.15, 0.2) is 5.78 Å². The Balaban J connectivity index is 2.47. The van der Waals surface area contributed by atoms with Crippen LogP contribution in [0.1, 0.15) is 6.42 Å². The van der Waals surface area contributed by atoms with Crippen molar-refractivity contribution in [2.45, 2.75) is 12.5 Å². The second kappa shape index (κ2) is 4.01. The summed E-state index contributed by atoms with van der Waals surface area (Å²) in [4.78, 5) is 21.9. The van der Waals surface area contributed by atoms with Gasteiger partial charge < -0.3 is 10.1 Å². The highest BCUT2D eigenvalue weighted by Gasteiger charge is 2.21. The third-order valence-electron chi connectivity index (χ3n) is 1.71. The predicted molar refractivity (Wildman–Crippen MR) is 42.6 cm³/mol. The third-order valence-corrected chi connectivity index (χ3v) is 1.71. The van der Waals surface area contributed by atoms with Crippen molar-refractivity contribution in [3.8, 4) is 0 Å². The van der Waals surface area contributed by atoms with Gasteiger partial charge >= 0.3 is 5.97 Å². The SMILES string of the molecule is COC(=O)CC1NCC=CC1=O. The Morgan fingerprint density at radius 1 is 1.83 bits per heavy atom. The molecule has 0 aromatic rings. The molecule has 0 spiro atoms. The van der Waals surface area contributed by atoms with Gasteiger partial charge in [0.1, 0.15) is 0 Å². The van der Waals surface area contributed by atoms with Crippen molar-refractivity contribution in [2.24, 2.45) is 0 Å². The van der Waals surface area contributed by atoms with E-state index in [0.717, 1.165) is 0 Å². The molecule has 1 atom stereocenters. The van der Waals surface area contributed by atoms with E-state index in [0.29, 0.717) is 6.54 Å². The Morgan fingerprint density at radius 2 is 2.58 bits per heavy atom. The van der Waals surface area contributed by atoms with Crippen molar-refractivity contribution in [2.75, 3.05) is 13.7 Å². The quantitative estimate of drug-likeness (QED) is 0.574. The summed E-state index contributed by atoms with van der Waals surface area (Å²) in [5.41, 5.74) is 0. The van der Waals surface area contributed by atoms with Gasteiger partial charge in [-0.2, -0.15) is 0 Å². The molecular formula is C8H11NO3. The molecule has 0 aliphatic carbocycles. The average molecular weight is 169 g/mol. The van der Waals surface area contributed by atoms with Gasteiger partial charge in [0, 0.05) is 6.54 Å².